The summed E-state index contributed by atoms with van der Waals surface area (Å²) in [5.74, 6) is 2.24. The van der Waals surface area contributed by atoms with E-state index >= 15 is 0 Å². The monoisotopic (exact) mass is 608 g/mol. The number of para-hydroxylation sites is 1. The van der Waals surface area contributed by atoms with Gasteiger partial charge in [-0.15, -0.1) is 5.10 Å². The SMILES string of the molecule is COc1ccc(/C=C\c2cc(OC)c(OC)c(OC)c2)c(NC(=O)c2cn(Cc3cccc(Oc4ccccc4)c3)nn2)c1O. The minimum Gasteiger partial charge on any atom is -0.503 e. The molecule has 5 rings (SSSR count). The van der Waals surface area contributed by atoms with Gasteiger partial charge in [0.25, 0.3) is 5.91 Å². The zero-order valence-corrected chi connectivity index (χ0v) is 25.2. The van der Waals surface area contributed by atoms with Crippen LogP contribution in [0.1, 0.15) is 27.2 Å². The first-order valence-corrected chi connectivity index (χ1v) is 13.8. The van der Waals surface area contributed by atoms with Crippen LogP contribution in [0.2, 0.25) is 0 Å². The summed E-state index contributed by atoms with van der Waals surface area (Å²) in [6.45, 7) is 0.361. The molecule has 11 nitrogen and oxygen atoms in total. The van der Waals surface area contributed by atoms with E-state index in [1.807, 2.05) is 54.6 Å². The van der Waals surface area contributed by atoms with Crippen molar-refractivity contribution in [1.29, 1.82) is 0 Å². The van der Waals surface area contributed by atoms with Gasteiger partial charge in [0.2, 0.25) is 5.75 Å². The molecule has 0 atom stereocenters. The molecule has 11 heteroatoms. The number of phenolic OH excluding ortho intramolecular Hbond substituents is 1. The van der Waals surface area contributed by atoms with Crippen molar-refractivity contribution in [2.45, 2.75) is 6.54 Å². The first-order valence-electron chi connectivity index (χ1n) is 13.8. The molecule has 5 aromatic rings. The highest BCUT2D eigenvalue weighted by molar-refractivity contribution is 6.05. The number of rotatable bonds is 12. The van der Waals surface area contributed by atoms with E-state index in [2.05, 4.69) is 15.6 Å². The molecule has 0 aliphatic carbocycles. The van der Waals surface area contributed by atoms with Crippen molar-refractivity contribution < 1.29 is 33.6 Å². The molecule has 1 heterocycles. The Bertz CT molecular complexity index is 1790. The molecule has 0 aliphatic rings. The lowest BCUT2D eigenvalue weighted by Crippen LogP contribution is -2.13. The van der Waals surface area contributed by atoms with E-state index in [1.54, 1.807) is 41.1 Å². The Labute approximate surface area is 260 Å². The van der Waals surface area contributed by atoms with E-state index in [4.69, 9.17) is 23.7 Å². The molecule has 230 valence electrons. The Balaban J connectivity index is 1.35. The van der Waals surface area contributed by atoms with E-state index < -0.39 is 5.91 Å². The second kappa shape index (κ2) is 14.0. The summed E-state index contributed by atoms with van der Waals surface area (Å²) in [4.78, 5) is 13.3. The molecule has 0 bridgehead atoms. The molecule has 0 saturated heterocycles. The van der Waals surface area contributed by atoms with Gasteiger partial charge in [0.15, 0.2) is 28.7 Å². The molecule has 0 fully saturated rings. The van der Waals surface area contributed by atoms with Crippen molar-refractivity contribution in [2.24, 2.45) is 0 Å². The van der Waals surface area contributed by atoms with E-state index in [9.17, 15) is 9.90 Å². The third-order valence-corrected chi connectivity index (χ3v) is 6.77. The van der Waals surface area contributed by atoms with Gasteiger partial charge in [0.1, 0.15) is 11.5 Å². The van der Waals surface area contributed by atoms with Gasteiger partial charge in [0, 0.05) is 5.56 Å². The molecular formula is C34H32N4O7. The number of benzene rings is 4. The molecule has 0 aliphatic heterocycles. The van der Waals surface area contributed by atoms with Crippen LogP contribution >= 0.6 is 0 Å². The summed E-state index contributed by atoms with van der Waals surface area (Å²) in [6.07, 6.45) is 5.05. The summed E-state index contributed by atoms with van der Waals surface area (Å²) in [5.41, 5.74) is 2.36. The lowest BCUT2D eigenvalue weighted by molar-refractivity contribution is 0.102. The fourth-order valence-electron chi connectivity index (χ4n) is 4.58. The summed E-state index contributed by atoms with van der Waals surface area (Å²) in [7, 11) is 6.03. The van der Waals surface area contributed by atoms with Gasteiger partial charge in [-0.2, -0.15) is 0 Å². The van der Waals surface area contributed by atoms with Crippen LogP contribution in [0.15, 0.2) is 85.1 Å². The number of methoxy groups -OCH3 is 4. The van der Waals surface area contributed by atoms with E-state index in [-0.39, 0.29) is 22.9 Å². The zero-order chi connectivity index (χ0) is 31.8. The fraction of sp³-hybridized carbons (Fsp3) is 0.147. The van der Waals surface area contributed by atoms with Crippen molar-refractivity contribution in [3.05, 3.63) is 107 Å². The summed E-state index contributed by atoms with van der Waals surface area (Å²) in [6, 6.07) is 23.9. The van der Waals surface area contributed by atoms with Gasteiger partial charge in [-0.1, -0.05) is 47.7 Å². The average molecular weight is 609 g/mol. The average Bonchev–Trinajstić information content (AvgIpc) is 3.53. The highest BCUT2D eigenvalue weighted by Gasteiger charge is 2.19. The number of aromatic hydroxyl groups is 1. The molecule has 0 unspecified atom stereocenters. The minimum atomic E-state index is -0.562. The maximum absolute atomic E-state index is 13.3. The van der Waals surface area contributed by atoms with Crippen LogP contribution in [-0.4, -0.2) is 54.4 Å². The molecule has 2 N–H and O–H groups in total. The molecular weight excluding hydrogens is 576 g/mol. The second-order valence-electron chi connectivity index (χ2n) is 9.69. The lowest BCUT2D eigenvalue weighted by atomic mass is 10.1. The lowest BCUT2D eigenvalue weighted by Gasteiger charge is -2.14. The highest BCUT2D eigenvalue weighted by atomic mass is 16.5. The molecule has 0 radical (unpaired) electrons. The first kappa shape index (κ1) is 30.5. The minimum absolute atomic E-state index is 0.0634. The largest absolute Gasteiger partial charge is 0.503 e. The van der Waals surface area contributed by atoms with Gasteiger partial charge >= 0.3 is 0 Å². The maximum Gasteiger partial charge on any atom is 0.277 e. The van der Waals surface area contributed by atoms with Crippen molar-refractivity contribution in [2.75, 3.05) is 33.8 Å². The van der Waals surface area contributed by atoms with Crippen LogP contribution in [0.5, 0.6) is 40.2 Å². The van der Waals surface area contributed by atoms with Crippen LogP contribution in [0.4, 0.5) is 5.69 Å². The summed E-state index contributed by atoms with van der Waals surface area (Å²) in [5, 5.41) is 21.9. The van der Waals surface area contributed by atoms with Crippen LogP contribution in [0.25, 0.3) is 12.2 Å². The Morgan fingerprint density at radius 1 is 0.822 bits per heavy atom. The van der Waals surface area contributed by atoms with Crippen molar-refractivity contribution >= 4 is 23.7 Å². The summed E-state index contributed by atoms with van der Waals surface area (Å²) < 4.78 is 29.0. The fourth-order valence-corrected chi connectivity index (χ4v) is 4.58. The first-order chi connectivity index (χ1) is 21.9. The number of hydrogen-bond acceptors (Lipinski definition) is 9. The normalized spacial score (nSPS) is 10.8. The van der Waals surface area contributed by atoms with Gasteiger partial charge in [0.05, 0.1) is 46.9 Å². The van der Waals surface area contributed by atoms with Gasteiger partial charge in [-0.3, -0.25) is 4.79 Å². The van der Waals surface area contributed by atoms with Crippen molar-refractivity contribution in [1.82, 2.24) is 15.0 Å². The van der Waals surface area contributed by atoms with E-state index in [0.717, 1.165) is 16.9 Å². The number of nitrogens with one attached hydrogen (secondary N) is 1. The van der Waals surface area contributed by atoms with Gasteiger partial charge < -0.3 is 34.1 Å². The quantitative estimate of drug-likeness (QED) is 0.124. The van der Waals surface area contributed by atoms with Crippen LogP contribution < -0.4 is 29.0 Å². The number of hydrogen-bond donors (Lipinski definition) is 2. The molecule has 4 aromatic carbocycles. The number of anilines is 1. The smallest absolute Gasteiger partial charge is 0.277 e. The summed E-state index contributed by atoms with van der Waals surface area (Å²) >= 11 is 0. The predicted molar refractivity (Wildman–Crippen MR) is 170 cm³/mol. The predicted octanol–water partition coefficient (Wildman–Crippen LogP) is 6.28. The van der Waals surface area contributed by atoms with Crippen LogP contribution in [-0.2, 0) is 6.54 Å². The standard InChI is InChI=1S/C34H32N4O7/c1-41-28-16-15-24(14-13-22-18-29(42-2)33(44-4)30(19-22)43-3)31(32(28)39)35-34(40)27-21-38(37-36-27)20-23-9-8-12-26(17-23)45-25-10-6-5-7-11-25/h5-19,21,39H,20H2,1-4H3,(H,35,40)/b14-13-. The number of carbonyl (C=O) groups excluding carboxylic acids is 1. The number of nitrogens with zero attached hydrogens (tertiary/aromatic N) is 3. The number of amides is 1. The zero-order valence-electron chi connectivity index (χ0n) is 25.2. The third kappa shape index (κ3) is 7.16. The van der Waals surface area contributed by atoms with Crippen molar-refractivity contribution in [3.63, 3.8) is 0 Å². The van der Waals surface area contributed by atoms with Gasteiger partial charge in [-0.05, 0) is 59.7 Å². The maximum atomic E-state index is 13.3. The highest BCUT2D eigenvalue weighted by Crippen LogP contribution is 2.40. The van der Waals surface area contributed by atoms with E-state index in [0.29, 0.717) is 35.1 Å². The van der Waals surface area contributed by atoms with Crippen LogP contribution in [0, 0.1) is 0 Å². The Hall–Kier alpha value is -5.97. The van der Waals surface area contributed by atoms with E-state index in [1.165, 1.54) is 34.6 Å². The Kier molecular flexibility index (Phi) is 9.49. The number of ether oxygens (including phenoxy) is 5. The van der Waals surface area contributed by atoms with Crippen molar-refractivity contribution in [3.8, 4) is 40.2 Å². The molecule has 45 heavy (non-hydrogen) atoms. The third-order valence-electron chi connectivity index (χ3n) is 6.77. The Morgan fingerprint density at radius 3 is 2.22 bits per heavy atom. The number of aromatic nitrogens is 3. The molecule has 1 amide bonds. The van der Waals surface area contributed by atoms with Crippen LogP contribution in [0.3, 0.4) is 0 Å². The van der Waals surface area contributed by atoms with Gasteiger partial charge in [-0.25, -0.2) is 4.68 Å². The number of carbonyl (C=O) groups is 1. The topological polar surface area (TPSA) is 126 Å². The second-order valence-corrected chi connectivity index (χ2v) is 9.69. The molecule has 0 spiro atoms. The number of phenols is 1. The Morgan fingerprint density at radius 2 is 1.53 bits per heavy atom. The molecule has 1 aromatic heterocycles. The molecule has 0 saturated carbocycles.